The van der Waals surface area contributed by atoms with Gasteiger partial charge in [-0.1, -0.05) is 24.3 Å². The topological polar surface area (TPSA) is 73.6 Å². The van der Waals surface area contributed by atoms with Gasteiger partial charge in [-0.15, -0.1) is 0 Å². The molecule has 0 aliphatic carbocycles. The Bertz CT molecular complexity index is 767. The molecule has 0 spiro atoms. The average Bonchev–Trinajstić information content (AvgIpc) is 3.04. The van der Waals surface area contributed by atoms with E-state index in [0.29, 0.717) is 30.8 Å². The molecule has 1 atom stereocenters. The molecule has 0 bridgehead atoms. The van der Waals surface area contributed by atoms with Gasteiger partial charge in [0.25, 0.3) is 0 Å². The molecule has 2 aromatic rings. The van der Waals surface area contributed by atoms with Crippen molar-refractivity contribution < 1.29 is 14.6 Å². The molecule has 1 N–H and O–H groups in total. The SMILES string of the molecule is N#Cc1cccc(-c2cccc(O[C@H]3CCN(C(=O)O)C3)c2)c1. The van der Waals surface area contributed by atoms with Gasteiger partial charge in [0.15, 0.2) is 0 Å². The van der Waals surface area contributed by atoms with Crippen molar-refractivity contribution in [2.45, 2.75) is 12.5 Å². The number of likely N-dealkylation sites (tertiary alicyclic amines) is 1. The van der Waals surface area contributed by atoms with Crippen LogP contribution in [0.3, 0.4) is 0 Å². The zero-order valence-corrected chi connectivity index (χ0v) is 12.5. The molecule has 0 aromatic heterocycles. The first kappa shape index (κ1) is 14.9. The van der Waals surface area contributed by atoms with E-state index in [9.17, 15) is 4.79 Å². The molecule has 23 heavy (non-hydrogen) atoms. The van der Waals surface area contributed by atoms with Crippen LogP contribution in [0.5, 0.6) is 5.75 Å². The summed E-state index contributed by atoms with van der Waals surface area (Å²) < 4.78 is 5.90. The number of carbonyl (C=O) groups is 1. The Morgan fingerprint density at radius 2 is 1.96 bits per heavy atom. The van der Waals surface area contributed by atoms with Crippen LogP contribution in [0.15, 0.2) is 48.5 Å². The van der Waals surface area contributed by atoms with Crippen LogP contribution < -0.4 is 4.74 Å². The van der Waals surface area contributed by atoms with E-state index in [2.05, 4.69) is 6.07 Å². The van der Waals surface area contributed by atoms with Gasteiger partial charge in [0, 0.05) is 13.0 Å². The average molecular weight is 308 g/mol. The fourth-order valence-corrected chi connectivity index (χ4v) is 2.71. The largest absolute Gasteiger partial charge is 0.488 e. The molecule has 1 aliphatic rings. The lowest BCUT2D eigenvalue weighted by Crippen LogP contribution is -2.29. The summed E-state index contributed by atoms with van der Waals surface area (Å²) in [7, 11) is 0. The van der Waals surface area contributed by atoms with Gasteiger partial charge >= 0.3 is 6.09 Å². The summed E-state index contributed by atoms with van der Waals surface area (Å²) in [5.41, 5.74) is 2.53. The highest BCUT2D eigenvalue weighted by Crippen LogP contribution is 2.26. The Morgan fingerprint density at radius 3 is 2.65 bits per heavy atom. The van der Waals surface area contributed by atoms with Crippen LogP contribution in [-0.2, 0) is 0 Å². The first-order valence-electron chi connectivity index (χ1n) is 7.41. The van der Waals surface area contributed by atoms with Gasteiger partial charge in [-0.2, -0.15) is 5.26 Å². The minimum atomic E-state index is -0.904. The molecule has 116 valence electrons. The van der Waals surface area contributed by atoms with Crippen molar-refractivity contribution in [1.29, 1.82) is 5.26 Å². The first-order valence-corrected chi connectivity index (χ1v) is 7.41. The first-order chi connectivity index (χ1) is 11.2. The van der Waals surface area contributed by atoms with Gasteiger partial charge in [0.1, 0.15) is 11.9 Å². The summed E-state index contributed by atoms with van der Waals surface area (Å²) in [4.78, 5) is 12.3. The lowest BCUT2D eigenvalue weighted by atomic mass is 10.0. The fraction of sp³-hybridized carbons (Fsp3) is 0.222. The zero-order valence-electron chi connectivity index (χ0n) is 12.5. The van der Waals surface area contributed by atoms with E-state index in [0.717, 1.165) is 11.1 Å². The second-order valence-electron chi connectivity index (χ2n) is 5.48. The van der Waals surface area contributed by atoms with E-state index in [1.807, 2.05) is 42.5 Å². The van der Waals surface area contributed by atoms with Crippen molar-refractivity contribution in [3.8, 4) is 22.9 Å². The summed E-state index contributed by atoms with van der Waals surface area (Å²) in [6.45, 7) is 0.896. The molecule has 1 aliphatic heterocycles. The number of hydrogen-bond acceptors (Lipinski definition) is 3. The van der Waals surface area contributed by atoms with Crippen LogP contribution in [0.1, 0.15) is 12.0 Å². The van der Waals surface area contributed by atoms with Crippen LogP contribution >= 0.6 is 0 Å². The van der Waals surface area contributed by atoms with Crippen molar-refractivity contribution in [2.75, 3.05) is 13.1 Å². The molecule has 2 aromatic carbocycles. The molecule has 3 rings (SSSR count). The Labute approximate surface area is 134 Å². The highest BCUT2D eigenvalue weighted by molar-refractivity contribution is 5.67. The van der Waals surface area contributed by atoms with Crippen LogP contribution in [0.4, 0.5) is 4.79 Å². The number of nitrogens with zero attached hydrogens (tertiary/aromatic N) is 2. The summed E-state index contributed by atoms with van der Waals surface area (Å²) in [5.74, 6) is 0.710. The molecule has 0 saturated carbocycles. The number of rotatable bonds is 3. The number of hydrogen-bond donors (Lipinski definition) is 1. The van der Waals surface area contributed by atoms with E-state index in [1.54, 1.807) is 6.07 Å². The van der Waals surface area contributed by atoms with E-state index in [1.165, 1.54) is 4.90 Å². The third-order valence-electron chi connectivity index (χ3n) is 3.88. The smallest absolute Gasteiger partial charge is 0.407 e. The lowest BCUT2D eigenvalue weighted by Gasteiger charge is -2.15. The lowest BCUT2D eigenvalue weighted by molar-refractivity contribution is 0.145. The molecule has 0 radical (unpaired) electrons. The summed E-state index contributed by atoms with van der Waals surface area (Å²) in [5, 5.41) is 18.0. The Balaban J connectivity index is 1.75. The Kier molecular flexibility index (Phi) is 4.15. The number of carboxylic acid groups (broad SMARTS) is 1. The van der Waals surface area contributed by atoms with Gasteiger partial charge in [0.2, 0.25) is 0 Å². The van der Waals surface area contributed by atoms with Crippen LogP contribution in [0, 0.1) is 11.3 Å². The Morgan fingerprint density at radius 1 is 1.22 bits per heavy atom. The quantitative estimate of drug-likeness (QED) is 0.943. The molecule has 5 heteroatoms. The monoisotopic (exact) mass is 308 g/mol. The van der Waals surface area contributed by atoms with Crippen LogP contribution in [-0.4, -0.2) is 35.3 Å². The van der Waals surface area contributed by atoms with E-state index >= 15 is 0 Å². The normalized spacial score (nSPS) is 16.8. The molecule has 0 unspecified atom stereocenters. The summed E-state index contributed by atoms with van der Waals surface area (Å²) >= 11 is 0. The number of ether oxygens (including phenoxy) is 1. The number of benzene rings is 2. The van der Waals surface area contributed by atoms with E-state index < -0.39 is 6.09 Å². The molecule has 1 amide bonds. The molecular weight excluding hydrogens is 292 g/mol. The van der Waals surface area contributed by atoms with E-state index in [-0.39, 0.29) is 6.10 Å². The fourth-order valence-electron chi connectivity index (χ4n) is 2.71. The third-order valence-corrected chi connectivity index (χ3v) is 3.88. The van der Waals surface area contributed by atoms with Crippen molar-refractivity contribution in [1.82, 2.24) is 4.90 Å². The number of amides is 1. The second kappa shape index (κ2) is 6.41. The minimum absolute atomic E-state index is 0.119. The van der Waals surface area contributed by atoms with Gasteiger partial charge in [-0.05, 0) is 35.4 Å². The van der Waals surface area contributed by atoms with Gasteiger partial charge in [0.05, 0.1) is 18.2 Å². The molecule has 1 heterocycles. The van der Waals surface area contributed by atoms with Crippen LogP contribution in [0.25, 0.3) is 11.1 Å². The third kappa shape index (κ3) is 3.43. The molecule has 1 saturated heterocycles. The summed E-state index contributed by atoms with van der Waals surface area (Å²) in [6, 6.07) is 17.2. The zero-order chi connectivity index (χ0) is 16.2. The molecule has 1 fully saturated rings. The van der Waals surface area contributed by atoms with E-state index in [4.69, 9.17) is 15.1 Å². The maximum atomic E-state index is 10.9. The maximum Gasteiger partial charge on any atom is 0.407 e. The van der Waals surface area contributed by atoms with Crippen molar-refractivity contribution >= 4 is 6.09 Å². The Hall–Kier alpha value is -3.00. The standard InChI is InChI=1S/C18H16N2O3/c19-11-13-3-1-4-14(9-13)15-5-2-6-16(10-15)23-17-7-8-20(12-17)18(21)22/h1-6,9-10,17H,7-8,12H2,(H,21,22)/t17-/m0/s1. The van der Waals surface area contributed by atoms with Crippen molar-refractivity contribution in [3.05, 3.63) is 54.1 Å². The second-order valence-corrected chi connectivity index (χ2v) is 5.48. The predicted molar refractivity (Wildman–Crippen MR) is 85.2 cm³/mol. The highest BCUT2D eigenvalue weighted by atomic mass is 16.5. The minimum Gasteiger partial charge on any atom is -0.488 e. The maximum absolute atomic E-state index is 10.9. The molecular formula is C18H16N2O3. The van der Waals surface area contributed by atoms with Gasteiger partial charge < -0.3 is 14.7 Å². The number of nitriles is 1. The van der Waals surface area contributed by atoms with Crippen molar-refractivity contribution in [2.24, 2.45) is 0 Å². The highest BCUT2D eigenvalue weighted by Gasteiger charge is 2.27. The molecule has 5 nitrogen and oxygen atoms in total. The summed E-state index contributed by atoms with van der Waals surface area (Å²) in [6.07, 6.45) is -0.328. The predicted octanol–water partition coefficient (Wildman–Crippen LogP) is 3.36. The van der Waals surface area contributed by atoms with Gasteiger partial charge in [-0.3, -0.25) is 0 Å². The van der Waals surface area contributed by atoms with Crippen LogP contribution in [0.2, 0.25) is 0 Å². The van der Waals surface area contributed by atoms with Crippen molar-refractivity contribution in [3.63, 3.8) is 0 Å². The van der Waals surface area contributed by atoms with Gasteiger partial charge in [-0.25, -0.2) is 4.79 Å².